The number of likely N-dealkylation sites (N-methyl/N-ethyl adjacent to an activating group) is 2. The number of rotatable bonds is 8. The van der Waals surface area contributed by atoms with Crippen LogP contribution in [0.2, 0.25) is 0 Å². The van der Waals surface area contributed by atoms with Crippen LogP contribution < -0.4 is 4.74 Å². The van der Waals surface area contributed by atoms with Crippen LogP contribution in [0.5, 0.6) is 5.75 Å². The van der Waals surface area contributed by atoms with Gasteiger partial charge in [-0.15, -0.1) is 0 Å². The second-order valence-corrected chi connectivity index (χ2v) is 6.90. The lowest BCUT2D eigenvalue weighted by Crippen LogP contribution is -2.36. The summed E-state index contributed by atoms with van der Waals surface area (Å²) < 4.78 is 7.09. The fourth-order valence-electron chi connectivity index (χ4n) is 3.02. The molecular formula is C22H26N4O2. The third-order valence-corrected chi connectivity index (χ3v) is 4.49. The highest BCUT2D eigenvalue weighted by Gasteiger charge is 2.13. The van der Waals surface area contributed by atoms with Gasteiger partial charge in [-0.25, -0.2) is 4.68 Å². The van der Waals surface area contributed by atoms with Gasteiger partial charge in [0.25, 0.3) is 0 Å². The van der Waals surface area contributed by atoms with Gasteiger partial charge in [-0.05, 0) is 36.9 Å². The van der Waals surface area contributed by atoms with Crippen LogP contribution in [0.4, 0.5) is 0 Å². The monoisotopic (exact) mass is 378 g/mol. The number of para-hydroxylation sites is 1. The number of carbonyl (C=O) groups excluding carboxylic acids is 1. The number of nitrogens with zero attached hydrogens (tertiary/aromatic N) is 4. The van der Waals surface area contributed by atoms with Gasteiger partial charge in [-0.3, -0.25) is 9.69 Å². The fourth-order valence-corrected chi connectivity index (χ4v) is 3.02. The summed E-state index contributed by atoms with van der Waals surface area (Å²) in [5, 5.41) is 4.41. The van der Waals surface area contributed by atoms with Gasteiger partial charge in [-0.1, -0.05) is 30.3 Å². The number of aromatic nitrogens is 2. The highest BCUT2D eigenvalue weighted by molar-refractivity contribution is 5.78. The number of carbonyl (C=O) groups is 1. The van der Waals surface area contributed by atoms with Crippen LogP contribution in [0.25, 0.3) is 5.69 Å². The van der Waals surface area contributed by atoms with Crippen molar-refractivity contribution in [1.29, 1.82) is 0 Å². The van der Waals surface area contributed by atoms with Crippen LogP contribution in [0.3, 0.4) is 0 Å². The minimum atomic E-state index is 0.0702. The molecule has 146 valence electrons. The Labute approximate surface area is 166 Å². The summed E-state index contributed by atoms with van der Waals surface area (Å²) in [4.78, 5) is 16.3. The summed E-state index contributed by atoms with van der Waals surface area (Å²) in [7, 11) is 5.41. The molecule has 1 amide bonds. The van der Waals surface area contributed by atoms with E-state index >= 15 is 0 Å². The number of amides is 1. The van der Waals surface area contributed by atoms with Crippen LogP contribution in [-0.4, -0.2) is 53.2 Å². The Kier molecular flexibility index (Phi) is 6.45. The topological polar surface area (TPSA) is 50.6 Å². The van der Waals surface area contributed by atoms with E-state index in [-0.39, 0.29) is 5.91 Å². The van der Waals surface area contributed by atoms with Gasteiger partial charge in [0.1, 0.15) is 5.75 Å². The van der Waals surface area contributed by atoms with Crippen LogP contribution in [0.15, 0.2) is 67.0 Å². The Morgan fingerprint density at radius 1 is 1.04 bits per heavy atom. The summed E-state index contributed by atoms with van der Waals surface area (Å²) in [6, 6.07) is 17.8. The van der Waals surface area contributed by atoms with Crippen LogP contribution in [-0.2, 0) is 17.9 Å². The molecule has 0 N–H and O–H groups in total. The molecule has 6 nitrogen and oxygen atoms in total. The third kappa shape index (κ3) is 5.20. The van der Waals surface area contributed by atoms with E-state index in [1.165, 1.54) is 0 Å². The van der Waals surface area contributed by atoms with E-state index < -0.39 is 0 Å². The average Bonchev–Trinajstić information content (AvgIpc) is 3.17. The van der Waals surface area contributed by atoms with Gasteiger partial charge in [0.2, 0.25) is 5.91 Å². The van der Waals surface area contributed by atoms with Crippen molar-refractivity contribution in [3.63, 3.8) is 0 Å². The Morgan fingerprint density at radius 3 is 2.57 bits per heavy atom. The quantitative estimate of drug-likeness (QED) is 0.605. The molecule has 1 heterocycles. The van der Waals surface area contributed by atoms with Crippen molar-refractivity contribution in [1.82, 2.24) is 19.6 Å². The predicted octanol–water partition coefficient (Wildman–Crippen LogP) is 2.97. The molecule has 0 unspecified atom stereocenters. The van der Waals surface area contributed by atoms with Crippen LogP contribution >= 0.6 is 0 Å². The molecule has 0 atom stereocenters. The van der Waals surface area contributed by atoms with E-state index in [1.54, 1.807) is 12.0 Å². The Bertz CT molecular complexity index is 908. The minimum Gasteiger partial charge on any atom is -0.497 e. The molecule has 28 heavy (non-hydrogen) atoms. The molecule has 0 radical (unpaired) electrons. The SMILES string of the molecule is COc1cccc(CN(C)C(=O)CN(C)Cc2cnn(-c3ccccc3)c2)c1. The predicted molar refractivity (Wildman–Crippen MR) is 109 cm³/mol. The van der Waals surface area contributed by atoms with E-state index in [0.29, 0.717) is 19.6 Å². The summed E-state index contributed by atoms with van der Waals surface area (Å²) in [6.45, 7) is 1.55. The molecule has 0 bridgehead atoms. The molecule has 0 saturated carbocycles. The first-order chi connectivity index (χ1) is 13.5. The summed E-state index contributed by atoms with van der Waals surface area (Å²) in [5.41, 5.74) is 3.13. The van der Waals surface area contributed by atoms with Crippen LogP contribution in [0.1, 0.15) is 11.1 Å². The summed E-state index contributed by atoms with van der Waals surface area (Å²) >= 11 is 0. The van der Waals surface area contributed by atoms with Crippen molar-refractivity contribution in [2.45, 2.75) is 13.1 Å². The molecule has 0 spiro atoms. The zero-order valence-electron chi connectivity index (χ0n) is 16.6. The maximum atomic E-state index is 12.6. The van der Waals surface area contributed by atoms with Gasteiger partial charge in [0.15, 0.2) is 0 Å². The van der Waals surface area contributed by atoms with Crippen molar-refractivity contribution >= 4 is 5.91 Å². The molecule has 0 aliphatic rings. The lowest BCUT2D eigenvalue weighted by molar-refractivity contribution is -0.131. The summed E-state index contributed by atoms with van der Waals surface area (Å²) in [5.74, 6) is 0.867. The van der Waals surface area contributed by atoms with Crippen molar-refractivity contribution in [2.24, 2.45) is 0 Å². The number of benzene rings is 2. The van der Waals surface area contributed by atoms with E-state index in [9.17, 15) is 4.79 Å². The number of ether oxygens (including phenoxy) is 1. The van der Waals surface area contributed by atoms with Crippen molar-refractivity contribution in [2.75, 3.05) is 27.7 Å². The van der Waals surface area contributed by atoms with Gasteiger partial charge >= 0.3 is 0 Å². The van der Waals surface area contributed by atoms with Crippen LogP contribution in [0, 0.1) is 0 Å². The minimum absolute atomic E-state index is 0.0702. The zero-order valence-corrected chi connectivity index (χ0v) is 16.6. The third-order valence-electron chi connectivity index (χ3n) is 4.49. The van der Waals surface area contributed by atoms with Crippen molar-refractivity contribution in [3.8, 4) is 11.4 Å². The second-order valence-electron chi connectivity index (χ2n) is 6.90. The molecule has 2 aromatic carbocycles. The number of hydrogen-bond acceptors (Lipinski definition) is 4. The van der Waals surface area contributed by atoms with Crippen molar-refractivity contribution in [3.05, 3.63) is 78.1 Å². The largest absolute Gasteiger partial charge is 0.497 e. The Morgan fingerprint density at radius 2 is 1.82 bits per heavy atom. The van der Waals surface area contributed by atoms with E-state index in [0.717, 1.165) is 22.6 Å². The lowest BCUT2D eigenvalue weighted by atomic mass is 10.2. The first-order valence-electron chi connectivity index (χ1n) is 9.19. The standard InChI is InChI=1S/C22H26N4O2/c1-24(14-19-13-23-26(16-19)20-9-5-4-6-10-20)17-22(27)25(2)15-18-8-7-11-21(12-18)28-3/h4-13,16H,14-15,17H2,1-3H3. The summed E-state index contributed by atoms with van der Waals surface area (Å²) in [6.07, 6.45) is 3.84. The molecule has 0 aliphatic carbocycles. The molecule has 3 aromatic rings. The maximum Gasteiger partial charge on any atom is 0.236 e. The smallest absolute Gasteiger partial charge is 0.236 e. The molecule has 0 saturated heterocycles. The molecule has 0 fully saturated rings. The molecular weight excluding hydrogens is 352 g/mol. The first-order valence-corrected chi connectivity index (χ1v) is 9.19. The maximum absolute atomic E-state index is 12.6. The number of methoxy groups -OCH3 is 1. The molecule has 0 aliphatic heterocycles. The van der Waals surface area contributed by atoms with Gasteiger partial charge in [-0.2, -0.15) is 5.10 Å². The van der Waals surface area contributed by atoms with Crippen molar-refractivity contribution < 1.29 is 9.53 Å². The Balaban J connectivity index is 1.53. The van der Waals surface area contributed by atoms with Gasteiger partial charge in [0.05, 0.1) is 25.5 Å². The zero-order chi connectivity index (χ0) is 19.9. The Hall–Kier alpha value is -3.12. The van der Waals surface area contributed by atoms with Gasteiger partial charge < -0.3 is 9.64 Å². The highest BCUT2D eigenvalue weighted by atomic mass is 16.5. The van der Waals surface area contributed by atoms with Gasteiger partial charge in [0, 0.05) is 31.9 Å². The van der Waals surface area contributed by atoms with E-state index in [4.69, 9.17) is 4.74 Å². The first kappa shape index (κ1) is 19.6. The fraction of sp³-hybridized carbons (Fsp3) is 0.273. The normalized spacial score (nSPS) is 10.9. The number of hydrogen-bond donors (Lipinski definition) is 0. The average molecular weight is 378 g/mol. The van der Waals surface area contributed by atoms with E-state index in [1.807, 2.05) is 90.7 Å². The lowest BCUT2D eigenvalue weighted by Gasteiger charge is -2.22. The molecule has 3 rings (SSSR count). The molecule has 6 heteroatoms. The van der Waals surface area contributed by atoms with E-state index in [2.05, 4.69) is 5.10 Å². The molecule has 1 aromatic heterocycles. The highest BCUT2D eigenvalue weighted by Crippen LogP contribution is 2.14. The second kappa shape index (κ2) is 9.19.